The second-order valence-electron chi connectivity index (χ2n) is 5.50. The van der Waals surface area contributed by atoms with Gasteiger partial charge >= 0.3 is 0 Å². The van der Waals surface area contributed by atoms with Crippen molar-refractivity contribution in [1.82, 2.24) is 9.38 Å². The lowest BCUT2D eigenvalue weighted by atomic mass is 10.1. The van der Waals surface area contributed by atoms with E-state index in [2.05, 4.69) is 11.1 Å². The highest BCUT2D eigenvalue weighted by atomic mass is 16.5. The van der Waals surface area contributed by atoms with E-state index in [1.165, 1.54) is 6.08 Å². The number of benzene rings is 1. The highest BCUT2D eigenvalue weighted by molar-refractivity contribution is 6.06. The molecule has 0 aliphatic rings. The van der Waals surface area contributed by atoms with Crippen LogP contribution < -0.4 is 4.74 Å². The summed E-state index contributed by atoms with van der Waals surface area (Å²) in [6, 6.07) is 12.5. The molecule has 0 saturated carbocycles. The van der Waals surface area contributed by atoms with Gasteiger partial charge in [0.25, 0.3) is 0 Å². The van der Waals surface area contributed by atoms with Crippen LogP contribution in [0.25, 0.3) is 11.7 Å². The Balaban J connectivity index is 1.72. The van der Waals surface area contributed by atoms with E-state index in [9.17, 15) is 4.79 Å². The van der Waals surface area contributed by atoms with Gasteiger partial charge in [-0.1, -0.05) is 0 Å². The van der Waals surface area contributed by atoms with Gasteiger partial charge in [0.1, 0.15) is 24.1 Å². The van der Waals surface area contributed by atoms with Crippen molar-refractivity contribution in [3.05, 3.63) is 71.7 Å². The van der Waals surface area contributed by atoms with Crippen molar-refractivity contribution in [1.29, 1.82) is 5.26 Å². The predicted molar refractivity (Wildman–Crippen MR) is 97.1 cm³/mol. The number of allylic oxidation sites excluding steroid dienone is 1. The highest BCUT2D eigenvalue weighted by Gasteiger charge is 2.05. The molecule has 3 rings (SSSR count). The van der Waals surface area contributed by atoms with Crippen LogP contribution in [0.15, 0.2) is 54.9 Å². The van der Waals surface area contributed by atoms with Crippen LogP contribution in [0.3, 0.4) is 0 Å². The van der Waals surface area contributed by atoms with Crippen LogP contribution in [-0.2, 0) is 4.74 Å². The Hall–Kier alpha value is -3.43. The molecule has 0 atom stereocenters. The maximum Gasteiger partial charge on any atom is 0.185 e. The molecule has 6 nitrogen and oxygen atoms in total. The molecule has 2 aromatic heterocycles. The van der Waals surface area contributed by atoms with E-state index in [0.29, 0.717) is 35.7 Å². The fraction of sp³-hybridized carbons (Fsp3) is 0.150. The number of imidazole rings is 1. The van der Waals surface area contributed by atoms with Gasteiger partial charge in [-0.15, -0.1) is 0 Å². The van der Waals surface area contributed by atoms with Gasteiger partial charge in [-0.2, -0.15) is 5.26 Å². The standard InChI is InChI=1S/C20H17N3O3/c1-25-10-11-26-18-6-3-16(4-7-18)19(24)8-5-17-13-22-20-9-2-15(12-21)14-23(17)20/h2-9,13-14H,10-11H2,1H3/b8-5+. The molecule has 0 fully saturated rings. The van der Waals surface area contributed by atoms with Crippen molar-refractivity contribution in [2.45, 2.75) is 0 Å². The molecule has 0 bridgehead atoms. The predicted octanol–water partition coefficient (Wildman–Crippen LogP) is 3.13. The Morgan fingerprint density at radius 3 is 2.77 bits per heavy atom. The van der Waals surface area contributed by atoms with Crippen LogP contribution in [0, 0.1) is 11.3 Å². The lowest BCUT2D eigenvalue weighted by molar-refractivity contribution is 0.104. The summed E-state index contributed by atoms with van der Waals surface area (Å²) in [7, 11) is 1.61. The van der Waals surface area contributed by atoms with E-state index in [1.54, 1.807) is 66.4 Å². The Bertz CT molecular complexity index is 982. The minimum atomic E-state index is -0.125. The molecule has 6 heteroatoms. The van der Waals surface area contributed by atoms with Crippen molar-refractivity contribution in [2.75, 3.05) is 20.3 Å². The molecule has 2 heterocycles. The van der Waals surface area contributed by atoms with Crippen molar-refractivity contribution >= 4 is 17.5 Å². The first-order valence-electron chi connectivity index (χ1n) is 8.02. The van der Waals surface area contributed by atoms with Crippen LogP contribution in [0.4, 0.5) is 0 Å². The van der Waals surface area contributed by atoms with Crippen LogP contribution >= 0.6 is 0 Å². The zero-order valence-electron chi connectivity index (χ0n) is 14.3. The van der Waals surface area contributed by atoms with Gasteiger partial charge in [0.15, 0.2) is 5.78 Å². The SMILES string of the molecule is COCCOc1ccc(C(=O)/C=C/c2cnc3ccc(C#N)cn23)cc1. The molecule has 0 radical (unpaired) electrons. The first-order chi connectivity index (χ1) is 12.7. The number of ketones is 1. The molecule has 0 spiro atoms. The third-order valence-corrected chi connectivity index (χ3v) is 3.76. The van der Waals surface area contributed by atoms with E-state index in [-0.39, 0.29) is 5.78 Å². The summed E-state index contributed by atoms with van der Waals surface area (Å²) < 4.78 is 12.2. The van der Waals surface area contributed by atoms with E-state index in [0.717, 1.165) is 5.69 Å². The summed E-state index contributed by atoms with van der Waals surface area (Å²) >= 11 is 0. The van der Waals surface area contributed by atoms with Crippen LogP contribution in [-0.4, -0.2) is 35.5 Å². The number of aromatic nitrogens is 2. The molecule has 0 aliphatic carbocycles. The number of pyridine rings is 1. The fourth-order valence-corrected chi connectivity index (χ4v) is 2.40. The van der Waals surface area contributed by atoms with Gasteiger partial charge in [0.05, 0.1) is 24.1 Å². The summed E-state index contributed by atoms with van der Waals surface area (Å²) in [5.41, 5.74) is 2.53. The van der Waals surface area contributed by atoms with Crippen LogP contribution in [0.2, 0.25) is 0 Å². The Morgan fingerprint density at radius 1 is 1.23 bits per heavy atom. The molecular formula is C20H17N3O3. The Labute approximate surface area is 150 Å². The second-order valence-corrected chi connectivity index (χ2v) is 5.50. The quantitative estimate of drug-likeness (QED) is 0.373. The lowest BCUT2D eigenvalue weighted by Gasteiger charge is -2.05. The highest BCUT2D eigenvalue weighted by Crippen LogP contribution is 2.14. The number of hydrogen-bond donors (Lipinski definition) is 0. The first kappa shape index (κ1) is 17.4. The topological polar surface area (TPSA) is 76.6 Å². The van der Waals surface area contributed by atoms with Crippen LogP contribution in [0.1, 0.15) is 21.6 Å². The average Bonchev–Trinajstić information content (AvgIpc) is 3.09. The number of rotatable bonds is 7. The number of nitriles is 1. The molecule has 130 valence electrons. The van der Waals surface area contributed by atoms with Gasteiger partial charge in [0, 0.05) is 18.9 Å². The summed E-state index contributed by atoms with van der Waals surface area (Å²) in [5.74, 6) is 0.563. The van der Waals surface area contributed by atoms with E-state index in [1.807, 2.05) is 0 Å². The van der Waals surface area contributed by atoms with Crippen molar-refractivity contribution in [3.8, 4) is 11.8 Å². The number of methoxy groups -OCH3 is 1. The number of ether oxygens (including phenoxy) is 2. The number of hydrogen-bond acceptors (Lipinski definition) is 5. The zero-order valence-corrected chi connectivity index (χ0v) is 14.3. The first-order valence-corrected chi connectivity index (χ1v) is 8.02. The third kappa shape index (κ3) is 3.97. The van der Waals surface area contributed by atoms with Crippen molar-refractivity contribution < 1.29 is 14.3 Å². The van der Waals surface area contributed by atoms with Crippen molar-refractivity contribution in [2.24, 2.45) is 0 Å². The van der Waals surface area contributed by atoms with Gasteiger partial charge < -0.3 is 9.47 Å². The van der Waals surface area contributed by atoms with E-state index < -0.39 is 0 Å². The zero-order chi connectivity index (χ0) is 18.4. The minimum Gasteiger partial charge on any atom is -0.491 e. The summed E-state index contributed by atoms with van der Waals surface area (Å²) in [6.45, 7) is 0.971. The Morgan fingerprint density at radius 2 is 2.04 bits per heavy atom. The summed E-state index contributed by atoms with van der Waals surface area (Å²) in [5, 5.41) is 9.01. The molecule has 0 saturated heterocycles. The lowest BCUT2D eigenvalue weighted by Crippen LogP contribution is -2.04. The molecule has 1 aromatic carbocycles. The second kappa shape index (κ2) is 8.10. The maximum atomic E-state index is 12.3. The fourth-order valence-electron chi connectivity index (χ4n) is 2.40. The molecule has 0 amide bonds. The summed E-state index contributed by atoms with van der Waals surface area (Å²) in [4.78, 5) is 16.6. The molecule has 0 aliphatic heterocycles. The van der Waals surface area contributed by atoms with E-state index in [4.69, 9.17) is 14.7 Å². The van der Waals surface area contributed by atoms with Gasteiger partial charge in [-0.25, -0.2) is 4.98 Å². The number of fused-ring (bicyclic) bond motifs is 1. The van der Waals surface area contributed by atoms with Gasteiger partial charge in [-0.05, 0) is 48.6 Å². The van der Waals surface area contributed by atoms with E-state index >= 15 is 0 Å². The minimum absolute atomic E-state index is 0.125. The van der Waals surface area contributed by atoms with Gasteiger partial charge in [0.2, 0.25) is 0 Å². The monoisotopic (exact) mass is 347 g/mol. The Kier molecular flexibility index (Phi) is 5.42. The van der Waals surface area contributed by atoms with Crippen LogP contribution in [0.5, 0.6) is 5.75 Å². The van der Waals surface area contributed by atoms with Gasteiger partial charge in [-0.3, -0.25) is 9.20 Å². The number of carbonyl (C=O) groups is 1. The summed E-state index contributed by atoms with van der Waals surface area (Å²) in [6.07, 6.45) is 6.53. The number of carbonyl (C=O) groups excluding carboxylic acids is 1. The molecule has 0 unspecified atom stereocenters. The molecule has 0 N–H and O–H groups in total. The molecule has 3 aromatic rings. The third-order valence-electron chi connectivity index (χ3n) is 3.76. The normalized spacial score (nSPS) is 10.9. The smallest absolute Gasteiger partial charge is 0.185 e. The maximum absolute atomic E-state index is 12.3. The number of nitrogens with zero attached hydrogens (tertiary/aromatic N) is 3. The largest absolute Gasteiger partial charge is 0.491 e. The van der Waals surface area contributed by atoms with Crippen molar-refractivity contribution in [3.63, 3.8) is 0 Å². The molecular weight excluding hydrogens is 330 g/mol. The average molecular weight is 347 g/mol. The molecule has 26 heavy (non-hydrogen) atoms.